The molecule has 3 aromatic rings. The van der Waals surface area contributed by atoms with Gasteiger partial charge in [-0.1, -0.05) is 0 Å². The van der Waals surface area contributed by atoms with Crippen LogP contribution in [0, 0.1) is 5.82 Å². The number of halogens is 1. The van der Waals surface area contributed by atoms with Gasteiger partial charge < -0.3 is 21.4 Å². The van der Waals surface area contributed by atoms with Crippen LogP contribution in [0.5, 0.6) is 0 Å². The van der Waals surface area contributed by atoms with E-state index in [0.29, 0.717) is 24.4 Å². The van der Waals surface area contributed by atoms with Crippen molar-refractivity contribution in [3.8, 4) is 0 Å². The first-order valence-electron chi connectivity index (χ1n) is 8.73. The number of nitrogens with one attached hydrogen (secondary N) is 1. The summed E-state index contributed by atoms with van der Waals surface area (Å²) in [6.07, 6.45) is 2.56. The summed E-state index contributed by atoms with van der Waals surface area (Å²) in [5.74, 6) is 1.97. The lowest BCUT2D eigenvalue weighted by Crippen LogP contribution is -2.35. The number of hydrogen-bond acceptors (Lipinski definition) is 6. The maximum atomic E-state index is 13.3. The molecule has 0 amide bonds. The van der Waals surface area contributed by atoms with Crippen molar-refractivity contribution in [2.24, 2.45) is 5.73 Å². The van der Waals surface area contributed by atoms with Gasteiger partial charge in [0, 0.05) is 38.0 Å². The predicted molar refractivity (Wildman–Crippen MR) is 99.4 cm³/mol. The van der Waals surface area contributed by atoms with Gasteiger partial charge in [-0.3, -0.25) is 0 Å². The van der Waals surface area contributed by atoms with E-state index in [4.69, 9.17) is 11.5 Å². The number of hydrogen-bond donors (Lipinski definition) is 3. The van der Waals surface area contributed by atoms with Crippen molar-refractivity contribution in [1.82, 2.24) is 19.9 Å². The summed E-state index contributed by atoms with van der Waals surface area (Å²) in [4.78, 5) is 18.4. The fraction of sp³-hybridized carbons (Fsp3) is 0.389. The van der Waals surface area contributed by atoms with E-state index in [-0.39, 0.29) is 17.8 Å². The number of fused-ring (bicyclic) bond motifs is 1. The van der Waals surface area contributed by atoms with Crippen molar-refractivity contribution in [3.63, 3.8) is 0 Å². The van der Waals surface area contributed by atoms with Crippen molar-refractivity contribution in [2.75, 3.05) is 24.2 Å². The maximum Gasteiger partial charge on any atom is 0.222 e. The minimum atomic E-state index is -0.274. The molecule has 1 aromatic carbocycles. The highest BCUT2D eigenvalue weighted by atomic mass is 19.1. The number of nitrogens with zero attached hydrogens (tertiary/aromatic N) is 4. The van der Waals surface area contributed by atoms with E-state index < -0.39 is 0 Å². The Hall–Kier alpha value is -2.74. The second-order valence-electron chi connectivity index (χ2n) is 6.95. The molecule has 4 rings (SSSR count). The number of imidazole rings is 1. The number of aromatic amines is 1. The molecule has 1 aliphatic rings. The molecule has 8 heteroatoms. The number of likely N-dealkylation sites (N-methyl/N-ethyl adjacent to an activating group) is 1. The third-order valence-corrected chi connectivity index (χ3v) is 4.91. The van der Waals surface area contributed by atoms with Crippen molar-refractivity contribution in [2.45, 2.75) is 31.2 Å². The summed E-state index contributed by atoms with van der Waals surface area (Å²) < 4.78 is 13.3. The molecular formula is C18H22FN7. The van der Waals surface area contributed by atoms with E-state index in [1.807, 2.05) is 18.0 Å². The Morgan fingerprint density at radius 2 is 2.04 bits per heavy atom. The Kier molecular flexibility index (Phi) is 4.20. The average Bonchev–Trinajstić information content (AvgIpc) is 2.98. The summed E-state index contributed by atoms with van der Waals surface area (Å²) in [7, 11) is 1.96. The monoisotopic (exact) mass is 355 g/mol. The molecule has 2 aromatic heterocycles. The minimum absolute atomic E-state index is 0.260. The Morgan fingerprint density at radius 1 is 1.23 bits per heavy atom. The molecule has 1 saturated carbocycles. The third kappa shape index (κ3) is 3.32. The topological polar surface area (TPSA) is 110 Å². The molecule has 26 heavy (non-hydrogen) atoms. The summed E-state index contributed by atoms with van der Waals surface area (Å²) in [5, 5.41) is 0. The number of nitrogens with two attached hydrogens (primary N) is 2. The first kappa shape index (κ1) is 16.7. The van der Waals surface area contributed by atoms with Crippen molar-refractivity contribution < 1.29 is 4.39 Å². The zero-order valence-corrected chi connectivity index (χ0v) is 14.6. The summed E-state index contributed by atoms with van der Waals surface area (Å²) in [5.41, 5.74) is 14.2. The van der Waals surface area contributed by atoms with Crippen LogP contribution in [0.1, 0.15) is 30.3 Å². The maximum absolute atomic E-state index is 13.3. The normalized spacial score (nSPS) is 19.5. The van der Waals surface area contributed by atoms with Crippen LogP contribution in [0.4, 0.5) is 16.2 Å². The number of anilines is 2. The molecule has 7 nitrogen and oxygen atoms in total. The van der Waals surface area contributed by atoms with E-state index in [2.05, 4.69) is 19.9 Å². The zero-order chi connectivity index (χ0) is 18.3. The predicted octanol–water partition coefficient (Wildman–Crippen LogP) is 1.96. The SMILES string of the molecule is CN(CCc1nc2ccc(F)cc2[nH]1)c1cc(C2CC(N)C2)nc(N)n1. The van der Waals surface area contributed by atoms with Crippen molar-refractivity contribution >= 4 is 22.8 Å². The molecule has 0 bridgehead atoms. The lowest BCUT2D eigenvalue weighted by atomic mass is 9.78. The number of H-pyrrole nitrogens is 1. The smallest absolute Gasteiger partial charge is 0.222 e. The third-order valence-electron chi connectivity index (χ3n) is 4.91. The lowest BCUT2D eigenvalue weighted by molar-refractivity contribution is 0.345. The molecule has 0 unspecified atom stereocenters. The Labute approximate surface area is 150 Å². The van der Waals surface area contributed by atoms with Gasteiger partial charge in [0.05, 0.1) is 16.7 Å². The van der Waals surface area contributed by atoms with Gasteiger partial charge in [0.15, 0.2) is 0 Å². The Bertz CT molecular complexity index is 932. The standard InChI is InChI=1S/C18H22FN7/c1-26(5-4-16-22-13-3-2-11(19)8-15(13)23-16)17-9-14(24-18(21)25-17)10-6-12(20)7-10/h2-3,8-10,12H,4-7,20H2,1H3,(H,22,23)(H2,21,24,25). The second kappa shape index (κ2) is 6.53. The van der Waals surface area contributed by atoms with Gasteiger partial charge in [-0.15, -0.1) is 0 Å². The molecule has 0 spiro atoms. The van der Waals surface area contributed by atoms with Gasteiger partial charge >= 0.3 is 0 Å². The van der Waals surface area contributed by atoms with Crippen LogP contribution in [0.2, 0.25) is 0 Å². The minimum Gasteiger partial charge on any atom is -0.368 e. The molecule has 5 N–H and O–H groups in total. The Morgan fingerprint density at radius 3 is 2.81 bits per heavy atom. The highest BCUT2D eigenvalue weighted by Crippen LogP contribution is 2.35. The Balaban J connectivity index is 1.46. The second-order valence-corrected chi connectivity index (χ2v) is 6.95. The van der Waals surface area contributed by atoms with Gasteiger partial charge in [0.1, 0.15) is 17.5 Å². The van der Waals surface area contributed by atoms with Crippen LogP contribution in [0.25, 0.3) is 11.0 Å². The van der Waals surface area contributed by atoms with Crippen molar-refractivity contribution in [3.05, 3.63) is 41.6 Å². The van der Waals surface area contributed by atoms with Crippen LogP contribution < -0.4 is 16.4 Å². The fourth-order valence-electron chi connectivity index (χ4n) is 3.32. The largest absolute Gasteiger partial charge is 0.368 e. The van der Waals surface area contributed by atoms with Gasteiger partial charge in [-0.25, -0.2) is 14.4 Å². The summed E-state index contributed by atoms with van der Waals surface area (Å²) in [6, 6.07) is 6.79. The quantitative estimate of drug-likeness (QED) is 0.645. The highest BCUT2D eigenvalue weighted by Gasteiger charge is 2.29. The number of rotatable bonds is 5. The average molecular weight is 355 g/mol. The molecule has 0 atom stereocenters. The summed E-state index contributed by atoms with van der Waals surface area (Å²) in [6.45, 7) is 0.697. The van der Waals surface area contributed by atoms with E-state index >= 15 is 0 Å². The molecule has 0 radical (unpaired) electrons. The van der Waals surface area contributed by atoms with Gasteiger partial charge in [0.25, 0.3) is 0 Å². The molecular weight excluding hydrogens is 333 g/mol. The molecule has 2 heterocycles. The van der Waals surface area contributed by atoms with Crippen molar-refractivity contribution in [1.29, 1.82) is 0 Å². The highest BCUT2D eigenvalue weighted by molar-refractivity contribution is 5.74. The molecule has 0 aliphatic heterocycles. The molecule has 0 saturated heterocycles. The first-order valence-corrected chi connectivity index (χ1v) is 8.73. The molecule has 1 aliphatic carbocycles. The van der Waals surface area contributed by atoms with E-state index in [9.17, 15) is 4.39 Å². The molecule has 1 fully saturated rings. The number of nitrogen functional groups attached to an aromatic ring is 1. The lowest BCUT2D eigenvalue weighted by Gasteiger charge is -2.32. The zero-order valence-electron chi connectivity index (χ0n) is 14.6. The van der Waals surface area contributed by atoms with Crippen LogP contribution >= 0.6 is 0 Å². The van der Waals surface area contributed by atoms with Crippen LogP contribution in [0.15, 0.2) is 24.3 Å². The first-order chi connectivity index (χ1) is 12.5. The molecule has 136 valence electrons. The summed E-state index contributed by atoms with van der Waals surface area (Å²) >= 11 is 0. The van der Waals surface area contributed by atoms with Crippen LogP contribution in [-0.2, 0) is 6.42 Å². The van der Waals surface area contributed by atoms with Crippen LogP contribution in [-0.4, -0.2) is 39.6 Å². The van der Waals surface area contributed by atoms with Gasteiger partial charge in [0.2, 0.25) is 5.95 Å². The number of benzene rings is 1. The van der Waals surface area contributed by atoms with E-state index in [0.717, 1.165) is 35.7 Å². The van der Waals surface area contributed by atoms with E-state index in [1.165, 1.54) is 12.1 Å². The fourth-order valence-corrected chi connectivity index (χ4v) is 3.32. The van der Waals surface area contributed by atoms with E-state index in [1.54, 1.807) is 6.07 Å². The van der Waals surface area contributed by atoms with Crippen LogP contribution in [0.3, 0.4) is 0 Å². The van der Waals surface area contributed by atoms with Gasteiger partial charge in [-0.05, 0) is 31.0 Å². The number of aromatic nitrogens is 4. The van der Waals surface area contributed by atoms with Gasteiger partial charge in [-0.2, -0.15) is 4.98 Å².